The lowest BCUT2D eigenvalue weighted by Crippen LogP contribution is -1.95. The van der Waals surface area contributed by atoms with Gasteiger partial charge >= 0.3 is 0 Å². The van der Waals surface area contributed by atoms with Crippen LogP contribution in [0, 0.1) is 0 Å². The Morgan fingerprint density at radius 3 is 1.66 bits per heavy atom. The van der Waals surface area contributed by atoms with Gasteiger partial charge in [0, 0.05) is 44.7 Å². The van der Waals surface area contributed by atoms with Crippen LogP contribution >= 0.6 is 0 Å². The van der Waals surface area contributed by atoms with Gasteiger partial charge in [-0.1, -0.05) is 66.7 Å². The van der Waals surface area contributed by atoms with Gasteiger partial charge in [0.25, 0.3) is 0 Å². The van der Waals surface area contributed by atoms with E-state index in [9.17, 15) is 0 Å². The molecule has 0 fully saturated rings. The molecular formula is C35H23N3. The molecular weight excluding hydrogens is 462 g/mol. The molecule has 0 aliphatic heterocycles. The van der Waals surface area contributed by atoms with E-state index >= 15 is 0 Å². The number of benzene rings is 5. The van der Waals surface area contributed by atoms with Crippen LogP contribution in [0.25, 0.3) is 66.2 Å². The first-order valence-electron chi connectivity index (χ1n) is 12.9. The minimum atomic E-state index is 0.983. The minimum Gasteiger partial charge on any atom is -0.309 e. The maximum atomic E-state index is 4.62. The Balaban J connectivity index is 1.54. The molecule has 0 atom stereocenters. The molecule has 0 aliphatic carbocycles. The van der Waals surface area contributed by atoms with E-state index in [0.29, 0.717) is 0 Å². The van der Waals surface area contributed by atoms with E-state index in [2.05, 4.69) is 135 Å². The summed E-state index contributed by atoms with van der Waals surface area (Å²) in [6, 6.07) is 47.5. The predicted octanol–water partition coefficient (Wildman–Crippen LogP) is 8.94. The summed E-state index contributed by atoms with van der Waals surface area (Å²) in [5.41, 5.74) is 9.22. The van der Waals surface area contributed by atoms with Crippen molar-refractivity contribution in [2.75, 3.05) is 0 Å². The predicted molar refractivity (Wildman–Crippen MR) is 158 cm³/mol. The SMILES string of the molecule is c1ccc(-n2c3ccccc3c3cc4c5cc(-c6ccccn6)ccc5n(-c5ccccc5)c4cc32)cc1. The van der Waals surface area contributed by atoms with Crippen LogP contribution in [0.3, 0.4) is 0 Å². The largest absolute Gasteiger partial charge is 0.309 e. The Kier molecular flexibility index (Phi) is 4.52. The summed E-state index contributed by atoms with van der Waals surface area (Å²) in [6.07, 6.45) is 1.86. The smallest absolute Gasteiger partial charge is 0.0702 e. The van der Waals surface area contributed by atoms with Crippen molar-refractivity contribution in [1.82, 2.24) is 14.1 Å². The van der Waals surface area contributed by atoms with Crippen LogP contribution in [0.5, 0.6) is 0 Å². The molecule has 38 heavy (non-hydrogen) atoms. The molecule has 0 amide bonds. The molecule has 5 aromatic carbocycles. The van der Waals surface area contributed by atoms with E-state index in [1.807, 2.05) is 18.3 Å². The summed E-state index contributed by atoms with van der Waals surface area (Å²) < 4.78 is 4.77. The molecule has 0 spiro atoms. The second kappa shape index (κ2) is 8.19. The Hall–Kier alpha value is -5.15. The zero-order valence-electron chi connectivity index (χ0n) is 20.6. The third kappa shape index (κ3) is 3.06. The zero-order valence-corrected chi connectivity index (χ0v) is 20.6. The normalized spacial score (nSPS) is 11.7. The number of nitrogens with zero attached hydrogens (tertiary/aromatic N) is 3. The quantitative estimate of drug-likeness (QED) is 0.245. The first-order valence-corrected chi connectivity index (χ1v) is 12.9. The fourth-order valence-electron chi connectivity index (χ4n) is 5.88. The average molecular weight is 486 g/mol. The molecule has 0 radical (unpaired) electrons. The fourth-order valence-corrected chi connectivity index (χ4v) is 5.88. The summed E-state index contributed by atoms with van der Waals surface area (Å²) in [5, 5.41) is 4.98. The molecule has 0 saturated heterocycles. The number of rotatable bonds is 3. The standard InChI is InChI=1S/C35H23N3/c1-3-11-25(12-4-1)37-32-17-8-7-15-27(32)29-22-30-28-21-24(31-16-9-10-20-36-31)18-19-33(28)38(35(30)23-34(29)37)26-13-5-2-6-14-26/h1-23H. The number of para-hydroxylation sites is 3. The minimum absolute atomic E-state index is 0.983. The van der Waals surface area contributed by atoms with Crippen molar-refractivity contribution in [3.63, 3.8) is 0 Å². The molecule has 3 aromatic heterocycles. The average Bonchev–Trinajstić information content (AvgIpc) is 3.49. The van der Waals surface area contributed by atoms with E-state index in [1.165, 1.54) is 43.6 Å². The van der Waals surface area contributed by atoms with Crippen LogP contribution in [0.2, 0.25) is 0 Å². The van der Waals surface area contributed by atoms with Gasteiger partial charge in [-0.05, 0) is 66.7 Å². The lowest BCUT2D eigenvalue weighted by atomic mass is 10.0. The van der Waals surface area contributed by atoms with Crippen LogP contribution < -0.4 is 0 Å². The summed E-state index contributed by atoms with van der Waals surface area (Å²) in [7, 11) is 0. The zero-order chi connectivity index (χ0) is 25.1. The van der Waals surface area contributed by atoms with Crippen LogP contribution in [-0.2, 0) is 0 Å². The topological polar surface area (TPSA) is 22.8 Å². The number of pyridine rings is 1. The number of hydrogen-bond acceptors (Lipinski definition) is 1. The highest BCUT2D eigenvalue weighted by Gasteiger charge is 2.18. The van der Waals surface area contributed by atoms with Crippen molar-refractivity contribution >= 4 is 43.6 Å². The molecule has 8 rings (SSSR count). The van der Waals surface area contributed by atoms with Gasteiger partial charge in [-0.25, -0.2) is 0 Å². The van der Waals surface area contributed by atoms with E-state index in [4.69, 9.17) is 0 Å². The van der Waals surface area contributed by atoms with Crippen molar-refractivity contribution in [1.29, 1.82) is 0 Å². The van der Waals surface area contributed by atoms with Gasteiger partial charge in [0.05, 0.1) is 27.8 Å². The van der Waals surface area contributed by atoms with Crippen molar-refractivity contribution < 1.29 is 0 Å². The van der Waals surface area contributed by atoms with Crippen LogP contribution in [0.15, 0.2) is 140 Å². The second-order valence-electron chi connectivity index (χ2n) is 9.69. The molecule has 0 saturated carbocycles. The van der Waals surface area contributed by atoms with Gasteiger partial charge in [0.2, 0.25) is 0 Å². The first-order chi connectivity index (χ1) is 18.9. The van der Waals surface area contributed by atoms with E-state index < -0.39 is 0 Å². The van der Waals surface area contributed by atoms with Crippen molar-refractivity contribution in [3.05, 3.63) is 140 Å². The number of aromatic nitrogens is 3. The fraction of sp³-hybridized carbons (Fsp3) is 0. The maximum absolute atomic E-state index is 4.62. The highest BCUT2D eigenvalue weighted by atomic mass is 15.0. The van der Waals surface area contributed by atoms with E-state index in [1.54, 1.807) is 0 Å². The molecule has 3 heteroatoms. The molecule has 3 heterocycles. The van der Waals surface area contributed by atoms with Crippen LogP contribution in [-0.4, -0.2) is 14.1 Å². The van der Waals surface area contributed by atoms with Gasteiger partial charge in [-0.15, -0.1) is 0 Å². The molecule has 0 N–H and O–H groups in total. The summed E-state index contributed by atoms with van der Waals surface area (Å²) in [5.74, 6) is 0. The van der Waals surface area contributed by atoms with Gasteiger partial charge < -0.3 is 9.13 Å². The van der Waals surface area contributed by atoms with Gasteiger partial charge in [0.1, 0.15) is 0 Å². The van der Waals surface area contributed by atoms with Crippen LogP contribution in [0.1, 0.15) is 0 Å². The molecule has 178 valence electrons. The van der Waals surface area contributed by atoms with Gasteiger partial charge in [0.15, 0.2) is 0 Å². The summed E-state index contributed by atoms with van der Waals surface area (Å²) >= 11 is 0. The lowest BCUT2D eigenvalue weighted by molar-refractivity contribution is 1.16. The Morgan fingerprint density at radius 1 is 0.395 bits per heavy atom. The lowest BCUT2D eigenvalue weighted by Gasteiger charge is -2.10. The van der Waals surface area contributed by atoms with E-state index in [0.717, 1.165) is 22.6 Å². The summed E-state index contributed by atoms with van der Waals surface area (Å²) in [6.45, 7) is 0. The Morgan fingerprint density at radius 2 is 0.974 bits per heavy atom. The van der Waals surface area contributed by atoms with Crippen LogP contribution in [0.4, 0.5) is 0 Å². The third-order valence-electron chi connectivity index (χ3n) is 7.55. The maximum Gasteiger partial charge on any atom is 0.0702 e. The molecule has 3 nitrogen and oxygen atoms in total. The van der Waals surface area contributed by atoms with Gasteiger partial charge in [-0.2, -0.15) is 0 Å². The second-order valence-corrected chi connectivity index (χ2v) is 9.69. The van der Waals surface area contributed by atoms with Crippen molar-refractivity contribution in [2.45, 2.75) is 0 Å². The number of fused-ring (bicyclic) bond motifs is 6. The van der Waals surface area contributed by atoms with E-state index in [-0.39, 0.29) is 0 Å². The van der Waals surface area contributed by atoms with Crippen molar-refractivity contribution in [2.24, 2.45) is 0 Å². The molecule has 0 unspecified atom stereocenters. The summed E-state index contributed by atoms with van der Waals surface area (Å²) in [4.78, 5) is 4.62. The Labute approximate surface area is 219 Å². The first kappa shape index (κ1) is 21.0. The Bertz CT molecular complexity index is 2100. The number of hydrogen-bond donors (Lipinski definition) is 0. The molecule has 0 aliphatic rings. The van der Waals surface area contributed by atoms with Gasteiger partial charge in [-0.3, -0.25) is 4.98 Å². The van der Waals surface area contributed by atoms with Crippen molar-refractivity contribution in [3.8, 4) is 22.6 Å². The molecule has 8 aromatic rings. The highest BCUT2D eigenvalue weighted by Crippen LogP contribution is 2.40. The third-order valence-corrected chi connectivity index (χ3v) is 7.55. The molecule has 0 bridgehead atoms. The highest BCUT2D eigenvalue weighted by molar-refractivity contribution is 6.19. The monoisotopic (exact) mass is 485 g/mol.